The number of hydrogen-bond acceptors (Lipinski definition) is 5. The predicted octanol–water partition coefficient (Wildman–Crippen LogP) is 2.67. The molecule has 3 N–H and O–H groups in total. The molecule has 0 bridgehead atoms. The van der Waals surface area contributed by atoms with Gasteiger partial charge in [0.25, 0.3) is 5.91 Å². The maximum atomic E-state index is 12.0. The summed E-state index contributed by atoms with van der Waals surface area (Å²) in [6.45, 7) is 6.24. The zero-order chi connectivity index (χ0) is 16.1. The second-order valence-electron chi connectivity index (χ2n) is 5.34. The summed E-state index contributed by atoms with van der Waals surface area (Å²) in [6.07, 6.45) is 0.144. The van der Waals surface area contributed by atoms with Crippen LogP contribution in [-0.2, 0) is 0 Å². The molecule has 1 aromatic heterocycles. The van der Waals surface area contributed by atoms with E-state index in [0.29, 0.717) is 12.2 Å². The van der Waals surface area contributed by atoms with Crippen LogP contribution in [0.25, 0.3) is 10.6 Å². The summed E-state index contributed by atoms with van der Waals surface area (Å²) in [5, 5.41) is 5.37. The molecule has 0 saturated carbocycles. The van der Waals surface area contributed by atoms with E-state index in [1.807, 2.05) is 45.0 Å². The molecular formula is C16H21N3O2S. The average Bonchev–Trinajstić information content (AvgIpc) is 2.97. The molecule has 0 unspecified atom stereocenters. The van der Waals surface area contributed by atoms with Crippen LogP contribution in [0.15, 0.2) is 29.6 Å². The number of nitrogens with zero attached hydrogens (tertiary/aromatic N) is 1. The Hall–Kier alpha value is -1.92. The molecule has 0 spiro atoms. The van der Waals surface area contributed by atoms with E-state index < -0.39 is 0 Å². The smallest absolute Gasteiger partial charge is 0.271 e. The summed E-state index contributed by atoms with van der Waals surface area (Å²) in [5.41, 5.74) is 6.88. The zero-order valence-corrected chi connectivity index (χ0v) is 13.8. The van der Waals surface area contributed by atoms with Crippen molar-refractivity contribution in [1.29, 1.82) is 0 Å². The lowest BCUT2D eigenvalue weighted by molar-refractivity contribution is 0.0937. The lowest BCUT2D eigenvalue weighted by atomic mass is 10.2. The van der Waals surface area contributed by atoms with Crippen molar-refractivity contribution in [3.8, 4) is 16.3 Å². The number of carbonyl (C=O) groups excluding carboxylic acids is 1. The number of nitrogens with one attached hydrogen (secondary N) is 1. The molecule has 0 saturated heterocycles. The molecule has 1 heterocycles. The highest BCUT2D eigenvalue weighted by Gasteiger charge is 2.13. The van der Waals surface area contributed by atoms with Crippen molar-refractivity contribution in [1.82, 2.24) is 10.3 Å². The van der Waals surface area contributed by atoms with Gasteiger partial charge in [0.1, 0.15) is 16.5 Å². The molecular weight excluding hydrogens is 298 g/mol. The summed E-state index contributed by atoms with van der Waals surface area (Å²) in [6, 6.07) is 7.65. The van der Waals surface area contributed by atoms with Gasteiger partial charge < -0.3 is 15.8 Å². The van der Waals surface area contributed by atoms with Crippen LogP contribution in [0.5, 0.6) is 5.75 Å². The molecule has 22 heavy (non-hydrogen) atoms. The van der Waals surface area contributed by atoms with Gasteiger partial charge in [-0.25, -0.2) is 4.98 Å². The largest absolute Gasteiger partial charge is 0.491 e. The summed E-state index contributed by atoms with van der Waals surface area (Å²) in [5.74, 6) is 0.630. The second kappa shape index (κ2) is 7.38. The Morgan fingerprint density at radius 1 is 1.32 bits per heavy atom. The highest BCUT2D eigenvalue weighted by Crippen LogP contribution is 2.26. The second-order valence-corrected chi connectivity index (χ2v) is 6.20. The van der Waals surface area contributed by atoms with Gasteiger partial charge in [-0.2, -0.15) is 0 Å². The van der Waals surface area contributed by atoms with Crippen molar-refractivity contribution in [2.75, 3.05) is 6.54 Å². The number of hydrogen-bond donors (Lipinski definition) is 2. The van der Waals surface area contributed by atoms with E-state index >= 15 is 0 Å². The van der Waals surface area contributed by atoms with Crippen LogP contribution >= 0.6 is 11.3 Å². The van der Waals surface area contributed by atoms with E-state index in [2.05, 4.69) is 10.3 Å². The topological polar surface area (TPSA) is 77.2 Å². The van der Waals surface area contributed by atoms with E-state index in [0.717, 1.165) is 16.3 Å². The van der Waals surface area contributed by atoms with Crippen LogP contribution < -0.4 is 15.8 Å². The van der Waals surface area contributed by atoms with Crippen LogP contribution in [0.3, 0.4) is 0 Å². The Morgan fingerprint density at radius 3 is 2.59 bits per heavy atom. The Bertz CT molecular complexity index is 623. The minimum absolute atomic E-state index is 0.0647. The molecule has 5 nitrogen and oxygen atoms in total. The molecule has 0 radical (unpaired) electrons. The molecule has 118 valence electrons. The van der Waals surface area contributed by atoms with Crippen LogP contribution in [0.2, 0.25) is 0 Å². The van der Waals surface area contributed by atoms with Crippen LogP contribution in [0, 0.1) is 0 Å². The third-order valence-corrected chi connectivity index (χ3v) is 3.83. The Labute approximate surface area is 134 Å². The number of thiazole rings is 1. The zero-order valence-electron chi connectivity index (χ0n) is 13.0. The first-order chi connectivity index (χ1) is 10.5. The van der Waals surface area contributed by atoms with Gasteiger partial charge in [0, 0.05) is 23.5 Å². The van der Waals surface area contributed by atoms with Gasteiger partial charge in [-0.3, -0.25) is 4.79 Å². The number of rotatable bonds is 6. The third-order valence-electron chi connectivity index (χ3n) is 2.94. The molecule has 1 amide bonds. The first-order valence-electron chi connectivity index (χ1n) is 7.23. The van der Waals surface area contributed by atoms with Crippen LogP contribution in [0.4, 0.5) is 0 Å². The van der Waals surface area contributed by atoms with Crippen LogP contribution in [-0.4, -0.2) is 29.6 Å². The first kappa shape index (κ1) is 16.5. The van der Waals surface area contributed by atoms with E-state index in [4.69, 9.17) is 10.5 Å². The quantitative estimate of drug-likeness (QED) is 0.858. The van der Waals surface area contributed by atoms with Gasteiger partial charge >= 0.3 is 0 Å². The standard InChI is InChI=1S/C16H21N3O2S/c1-10(2)21-13-6-4-12(5-7-13)16-19-14(9-22-16)15(20)18-11(3)8-17/h4-7,9-11H,8,17H2,1-3H3,(H,18,20)/t11-/m0/s1. The van der Waals surface area contributed by atoms with Crippen molar-refractivity contribution in [2.45, 2.75) is 32.9 Å². The van der Waals surface area contributed by atoms with E-state index in [-0.39, 0.29) is 18.1 Å². The maximum absolute atomic E-state index is 12.0. The molecule has 2 rings (SSSR count). The lowest BCUT2D eigenvalue weighted by Crippen LogP contribution is -2.37. The molecule has 0 fully saturated rings. The van der Waals surface area contributed by atoms with Crippen molar-refractivity contribution >= 4 is 17.2 Å². The highest BCUT2D eigenvalue weighted by molar-refractivity contribution is 7.13. The summed E-state index contributed by atoms with van der Waals surface area (Å²) in [7, 11) is 0. The van der Waals surface area contributed by atoms with Gasteiger partial charge in [0.2, 0.25) is 0 Å². The predicted molar refractivity (Wildman–Crippen MR) is 89.3 cm³/mol. The van der Waals surface area contributed by atoms with Crippen molar-refractivity contribution in [3.05, 3.63) is 35.3 Å². The average molecular weight is 319 g/mol. The Balaban J connectivity index is 2.09. The molecule has 0 aliphatic heterocycles. The third kappa shape index (κ3) is 4.29. The van der Waals surface area contributed by atoms with E-state index in [1.165, 1.54) is 11.3 Å². The van der Waals surface area contributed by atoms with Gasteiger partial charge in [-0.15, -0.1) is 11.3 Å². The van der Waals surface area contributed by atoms with Gasteiger partial charge in [-0.1, -0.05) is 0 Å². The summed E-state index contributed by atoms with van der Waals surface area (Å²) >= 11 is 1.44. The highest BCUT2D eigenvalue weighted by atomic mass is 32.1. The lowest BCUT2D eigenvalue weighted by Gasteiger charge is -2.09. The number of carbonyl (C=O) groups is 1. The molecule has 0 aliphatic rings. The van der Waals surface area contributed by atoms with Crippen molar-refractivity contribution < 1.29 is 9.53 Å². The van der Waals surface area contributed by atoms with Crippen LogP contribution in [0.1, 0.15) is 31.3 Å². The SMILES string of the molecule is CC(C)Oc1ccc(-c2nc(C(=O)N[C@@H](C)CN)cs2)cc1. The van der Waals surface area contributed by atoms with Gasteiger partial charge in [-0.05, 0) is 45.0 Å². The molecule has 0 aliphatic carbocycles. The van der Waals surface area contributed by atoms with Crippen molar-refractivity contribution in [2.24, 2.45) is 5.73 Å². The fraction of sp³-hybridized carbons (Fsp3) is 0.375. The maximum Gasteiger partial charge on any atom is 0.271 e. The molecule has 2 aromatic rings. The number of amides is 1. The fourth-order valence-corrected chi connectivity index (χ4v) is 2.62. The monoisotopic (exact) mass is 319 g/mol. The minimum atomic E-state index is -0.194. The van der Waals surface area contributed by atoms with Gasteiger partial charge in [0.15, 0.2) is 0 Å². The normalized spacial score (nSPS) is 12.2. The fourth-order valence-electron chi connectivity index (χ4n) is 1.82. The summed E-state index contributed by atoms with van der Waals surface area (Å²) < 4.78 is 5.61. The van der Waals surface area contributed by atoms with Gasteiger partial charge in [0.05, 0.1) is 6.10 Å². The Morgan fingerprint density at radius 2 is 2.00 bits per heavy atom. The Kier molecular flexibility index (Phi) is 5.51. The number of benzene rings is 1. The molecule has 1 atom stereocenters. The summed E-state index contributed by atoms with van der Waals surface area (Å²) in [4.78, 5) is 16.4. The molecule has 6 heteroatoms. The number of nitrogens with two attached hydrogens (primary N) is 1. The first-order valence-corrected chi connectivity index (χ1v) is 8.11. The minimum Gasteiger partial charge on any atom is -0.491 e. The molecule has 1 aromatic carbocycles. The number of aromatic nitrogens is 1. The van der Waals surface area contributed by atoms with E-state index in [9.17, 15) is 4.79 Å². The number of ether oxygens (including phenoxy) is 1. The van der Waals surface area contributed by atoms with Crippen molar-refractivity contribution in [3.63, 3.8) is 0 Å². The van der Waals surface area contributed by atoms with E-state index in [1.54, 1.807) is 5.38 Å².